The Hall–Kier alpha value is -2.36. The Morgan fingerprint density at radius 1 is 0.324 bits per heavy atom. The summed E-state index contributed by atoms with van der Waals surface area (Å²) in [6, 6.07) is 26.6. The Labute approximate surface area is 686 Å². The minimum atomic E-state index is -0.292. The topological polar surface area (TPSA) is 191 Å². The van der Waals surface area contributed by atoms with Crippen LogP contribution in [0.3, 0.4) is 0 Å². The van der Waals surface area contributed by atoms with E-state index in [1.807, 2.05) is 42.5 Å². The Kier molecular flexibility index (Phi) is 43.0. The van der Waals surface area contributed by atoms with Crippen molar-refractivity contribution >= 4 is 0 Å². The standard InChI is InChI=1S/2C34H54NO4.C7H8.3C4H8O.2Nd/c2*1-31(2,3)25-17-23(29(37)27(19-25)33(7,8)9)21-35(13-15-39-16-14-36)22-24-18-26(32(4,5)6)20-28(30(24)38)34(10,11)12;1-7-5-3-2-4-6-7;3*1-2-4-5-3-1;;/h2*17-20,37-38H,13-16,21-22H2,1-12H3;2-6H,1H3;3*1-4H2;;/q2*-1;;;;;2*+3/p-4. The minimum Gasteiger partial charge on any atom is -0.872 e. The van der Waals surface area contributed by atoms with E-state index < -0.39 is 0 Å². The molecule has 13 nitrogen and oxygen atoms in total. The summed E-state index contributed by atoms with van der Waals surface area (Å²) in [4.78, 5) is 4.24. The number of hydrogen-bond acceptors (Lipinski definition) is 13. The maximum Gasteiger partial charge on any atom is 3.00 e. The molecule has 2 radical (unpaired) electrons. The Morgan fingerprint density at radius 3 is 0.686 bits per heavy atom. The molecule has 15 heteroatoms. The normalized spacial score (nSPS) is 14.4. The molecule has 102 heavy (non-hydrogen) atoms. The molecule has 0 unspecified atom stereocenters. The second-order valence-corrected chi connectivity index (χ2v) is 35.7. The van der Waals surface area contributed by atoms with E-state index >= 15 is 0 Å². The first kappa shape index (κ1) is 97.7. The van der Waals surface area contributed by atoms with Gasteiger partial charge in [0.1, 0.15) is 0 Å². The third-order valence-corrected chi connectivity index (χ3v) is 17.9. The van der Waals surface area contributed by atoms with Gasteiger partial charge in [-0.25, -0.2) is 0 Å². The summed E-state index contributed by atoms with van der Waals surface area (Å²) in [6.07, 6.45) is 7.67. The summed E-state index contributed by atoms with van der Waals surface area (Å²) in [5.74, 6) is 0.230. The van der Waals surface area contributed by atoms with Crippen LogP contribution in [0.4, 0.5) is 0 Å². The first-order valence-corrected chi connectivity index (χ1v) is 37.1. The molecule has 0 aromatic heterocycles. The van der Waals surface area contributed by atoms with E-state index in [1.165, 1.54) is 44.1 Å². The molecule has 0 amide bonds. The van der Waals surface area contributed by atoms with Crippen LogP contribution in [0, 0.1) is 88.6 Å². The van der Waals surface area contributed by atoms with Crippen molar-refractivity contribution in [3.05, 3.63) is 151 Å². The van der Waals surface area contributed by atoms with E-state index in [4.69, 9.17) is 23.7 Å². The molecule has 8 rings (SSSR count). The van der Waals surface area contributed by atoms with Crippen LogP contribution in [-0.4, -0.2) is 102 Å². The van der Waals surface area contributed by atoms with Gasteiger partial charge < -0.3 is 54.3 Å². The molecular formula is C87H136N2Nd2O11. The molecule has 3 heterocycles. The molecule has 0 N–H and O–H groups in total. The number of ether oxygens (including phenoxy) is 5. The molecule has 3 saturated heterocycles. The zero-order valence-electron chi connectivity index (χ0n) is 68.4. The third-order valence-electron chi connectivity index (χ3n) is 17.9. The average molecular weight is 1670 g/mol. The van der Waals surface area contributed by atoms with Gasteiger partial charge in [0.2, 0.25) is 0 Å². The van der Waals surface area contributed by atoms with Crippen LogP contribution in [0.1, 0.15) is 277 Å². The van der Waals surface area contributed by atoms with Gasteiger partial charge in [-0.3, -0.25) is 9.80 Å². The first-order chi connectivity index (χ1) is 46.2. The summed E-state index contributed by atoms with van der Waals surface area (Å²) in [5.41, 5.74) is 10.3. The second kappa shape index (κ2) is 45.0. The molecule has 5 aromatic rings. The SMILES string of the molecule is C1CCOC1.C1CCOC1.C1CCOC1.CC(C)(C)c1cc(CN(CCOCC[O-])Cc2cc(C(C)(C)C)cc(C(C)(C)C)c2[O-])c([O-])c(C(C)(C)C)c1.CC(C)(C)c1cc(CN(CCOCC[O-])Cc2cc(C(C)(C)C)cc(C(C)(C)C)c2[O-])c([O-])c(C(C)(C)C)c1.Cc1ccccc1.[Nd+3].[Nd+3]. The Balaban J connectivity index is 0.000000764. The van der Waals surface area contributed by atoms with Crippen molar-refractivity contribution in [1.29, 1.82) is 0 Å². The molecule has 5 aromatic carbocycles. The number of aryl methyl sites for hydroxylation is 1. The zero-order valence-corrected chi connectivity index (χ0v) is 74.8. The summed E-state index contributed by atoms with van der Waals surface area (Å²) >= 11 is 0. The molecule has 3 aliphatic rings. The number of nitrogens with zero attached hydrogens (tertiary/aromatic N) is 2. The van der Waals surface area contributed by atoms with Gasteiger partial charge in [-0.2, -0.15) is 0 Å². The summed E-state index contributed by atoms with van der Waals surface area (Å²) in [5, 5.41) is 76.8. The molecule has 3 aliphatic heterocycles. The van der Waals surface area contributed by atoms with E-state index in [2.05, 4.69) is 219 Å². The molecular weight excluding hydrogens is 1540 g/mol. The van der Waals surface area contributed by atoms with Crippen LogP contribution in [-0.2, 0) is 93.2 Å². The quantitative estimate of drug-likeness (QED) is 0.0754. The van der Waals surface area contributed by atoms with Gasteiger partial charge in [-0.1, -0.05) is 251 Å². The van der Waals surface area contributed by atoms with E-state index in [-0.39, 0.29) is 174 Å². The van der Waals surface area contributed by atoms with Crippen molar-refractivity contribution in [2.75, 3.05) is 92.4 Å². The molecule has 0 saturated carbocycles. The smallest absolute Gasteiger partial charge is 0.872 e. The fraction of sp³-hybridized carbons (Fsp3) is 0.655. The Bertz CT molecular complexity index is 2780. The van der Waals surface area contributed by atoms with Crippen molar-refractivity contribution in [3.63, 3.8) is 0 Å². The second-order valence-electron chi connectivity index (χ2n) is 35.7. The predicted octanol–water partition coefficient (Wildman–Crippen LogP) is 15.2. The van der Waals surface area contributed by atoms with Crippen molar-refractivity contribution in [1.82, 2.24) is 9.80 Å². The maximum atomic E-state index is 13.7. The van der Waals surface area contributed by atoms with Gasteiger partial charge in [-0.05, 0) is 156 Å². The average Bonchev–Trinajstić information content (AvgIpc) is 0.925. The summed E-state index contributed by atoms with van der Waals surface area (Å²) < 4.78 is 25.9. The first-order valence-electron chi connectivity index (χ1n) is 37.1. The van der Waals surface area contributed by atoms with Crippen LogP contribution in [0.5, 0.6) is 23.0 Å². The Morgan fingerprint density at radius 2 is 0.539 bits per heavy atom. The van der Waals surface area contributed by atoms with Crippen LogP contribution in [0.25, 0.3) is 0 Å². The fourth-order valence-corrected chi connectivity index (χ4v) is 11.4. The number of benzene rings is 5. The fourth-order valence-electron chi connectivity index (χ4n) is 11.4. The predicted molar refractivity (Wildman–Crippen MR) is 404 cm³/mol. The van der Waals surface area contributed by atoms with Gasteiger partial charge in [0.25, 0.3) is 0 Å². The maximum absolute atomic E-state index is 13.7. The van der Waals surface area contributed by atoms with Gasteiger partial charge in [-0.15, -0.1) is 36.2 Å². The van der Waals surface area contributed by atoms with E-state index in [0.717, 1.165) is 106 Å². The molecule has 0 atom stereocenters. The largest absolute Gasteiger partial charge is 3.00 e. The van der Waals surface area contributed by atoms with Gasteiger partial charge in [0.15, 0.2) is 0 Å². The van der Waals surface area contributed by atoms with Crippen LogP contribution < -0.4 is 30.6 Å². The van der Waals surface area contributed by atoms with E-state index in [1.54, 1.807) is 0 Å². The van der Waals surface area contributed by atoms with Crippen molar-refractivity contribution < 1.29 is 136 Å². The third kappa shape index (κ3) is 35.3. The zero-order chi connectivity index (χ0) is 75.7. The molecule has 0 spiro atoms. The van der Waals surface area contributed by atoms with Gasteiger partial charge >= 0.3 is 81.7 Å². The van der Waals surface area contributed by atoms with Gasteiger partial charge in [0.05, 0.1) is 13.2 Å². The minimum absolute atomic E-state index is 0. The monoisotopic (exact) mass is 1670 g/mol. The molecule has 3 fully saturated rings. The number of rotatable bonds is 18. The van der Waals surface area contributed by atoms with Crippen molar-refractivity contribution in [2.45, 2.75) is 281 Å². The van der Waals surface area contributed by atoms with Crippen molar-refractivity contribution in [3.8, 4) is 23.0 Å². The molecule has 568 valence electrons. The summed E-state index contributed by atoms with van der Waals surface area (Å²) in [7, 11) is 0. The van der Waals surface area contributed by atoms with Crippen molar-refractivity contribution in [2.24, 2.45) is 0 Å². The van der Waals surface area contributed by atoms with E-state index in [0.29, 0.717) is 52.5 Å². The van der Waals surface area contributed by atoms with Gasteiger partial charge in [0, 0.05) is 92.1 Å². The molecule has 0 aliphatic carbocycles. The number of hydrogen-bond donors (Lipinski definition) is 0. The molecule has 0 bridgehead atoms. The van der Waals surface area contributed by atoms with Crippen LogP contribution >= 0.6 is 0 Å². The van der Waals surface area contributed by atoms with Crippen LogP contribution in [0.2, 0.25) is 0 Å². The van der Waals surface area contributed by atoms with E-state index in [9.17, 15) is 30.6 Å². The van der Waals surface area contributed by atoms with Crippen LogP contribution in [0.15, 0.2) is 78.9 Å². The summed E-state index contributed by atoms with van der Waals surface area (Å²) in [6.45, 7) is 61.9.